The number of H-pyrrole nitrogens is 1. The first-order valence-electron chi connectivity index (χ1n) is 5.92. The topological polar surface area (TPSA) is 33.6 Å². The number of hydrogen-bond acceptors (Lipinski definition) is 3. The van der Waals surface area contributed by atoms with Crippen LogP contribution in [0.3, 0.4) is 0 Å². The van der Waals surface area contributed by atoms with Crippen molar-refractivity contribution in [2.75, 3.05) is 0 Å². The van der Waals surface area contributed by atoms with E-state index < -0.39 is 0 Å². The Kier molecular flexibility index (Phi) is 3.43. The molecule has 0 aliphatic carbocycles. The molecule has 0 saturated carbocycles. The number of halogens is 1. The summed E-state index contributed by atoms with van der Waals surface area (Å²) in [5, 5.41) is 3.84. The maximum absolute atomic E-state index is 6.06. The second kappa shape index (κ2) is 5.07. The molecular weight excluding hydrogens is 298 g/mol. The molecule has 0 aliphatic heterocycles. The highest BCUT2D eigenvalue weighted by Crippen LogP contribution is 2.24. The Balaban J connectivity index is 2.03. The molecule has 6 heteroatoms. The molecule has 98 valence electrons. The largest absolute Gasteiger partial charge is 0.331 e. The third-order valence-corrected chi connectivity index (χ3v) is 4.63. The number of nitrogens with zero attached hydrogens (tertiary/aromatic N) is 2. The SMILES string of the molecule is CC(Cn1c(=S)[nH]c2ccc(Cl)cc21)c1nccs1. The number of aromatic amines is 1. The van der Waals surface area contributed by atoms with Crippen LogP contribution in [0.5, 0.6) is 0 Å². The average Bonchev–Trinajstić information content (AvgIpc) is 2.99. The second-order valence-corrected chi connectivity index (χ2v) is 6.22. The zero-order valence-corrected chi connectivity index (χ0v) is 12.6. The second-order valence-electron chi connectivity index (χ2n) is 4.47. The van der Waals surface area contributed by atoms with Gasteiger partial charge in [-0.1, -0.05) is 18.5 Å². The van der Waals surface area contributed by atoms with Crippen molar-refractivity contribution >= 4 is 46.2 Å². The minimum atomic E-state index is 0.324. The molecule has 19 heavy (non-hydrogen) atoms. The molecule has 0 spiro atoms. The molecule has 0 aliphatic rings. The van der Waals surface area contributed by atoms with Crippen molar-refractivity contribution in [1.82, 2.24) is 14.5 Å². The molecule has 1 N–H and O–H groups in total. The fourth-order valence-corrected chi connectivity index (χ4v) is 3.28. The number of fused-ring (bicyclic) bond motifs is 1. The van der Waals surface area contributed by atoms with E-state index in [1.54, 1.807) is 11.3 Å². The van der Waals surface area contributed by atoms with Crippen molar-refractivity contribution in [2.24, 2.45) is 0 Å². The minimum Gasteiger partial charge on any atom is -0.331 e. The van der Waals surface area contributed by atoms with Crippen LogP contribution in [0.1, 0.15) is 17.8 Å². The van der Waals surface area contributed by atoms with Crippen molar-refractivity contribution in [3.8, 4) is 0 Å². The third-order valence-electron chi connectivity index (χ3n) is 3.07. The number of nitrogens with one attached hydrogen (secondary N) is 1. The van der Waals surface area contributed by atoms with Crippen LogP contribution in [0, 0.1) is 4.77 Å². The summed E-state index contributed by atoms with van der Waals surface area (Å²) < 4.78 is 2.81. The van der Waals surface area contributed by atoms with Crippen LogP contribution in [0.25, 0.3) is 11.0 Å². The van der Waals surface area contributed by atoms with Crippen LogP contribution in [-0.2, 0) is 6.54 Å². The van der Waals surface area contributed by atoms with Gasteiger partial charge >= 0.3 is 0 Å². The van der Waals surface area contributed by atoms with Crippen LogP contribution >= 0.6 is 35.2 Å². The first-order chi connectivity index (χ1) is 9.15. The lowest BCUT2D eigenvalue weighted by molar-refractivity contribution is 0.602. The van der Waals surface area contributed by atoms with Gasteiger partial charge in [0.1, 0.15) is 0 Å². The summed E-state index contributed by atoms with van der Waals surface area (Å²) >= 11 is 13.1. The molecule has 2 heterocycles. The Bertz CT molecular complexity index is 758. The molecular formula is C13H12ClN3S2. The van der Waals surface area contributed by atoms with Gasteiger partial charge in [0.25, 0.3) is 0 Å². The number of aromatic nitrogens is 3. The summed E-state index contributed by atoms with van der Waals surface area (Å²) in [4.78, 5) is 7.57. The van der Waals surface area contributed by atoms with Crippen molar-refractivity contribution < 1.29 is 0 Å². The van der Waals surface area contributed by atoms with Crippen LogP contribution in [0.4, 0.5) is 0 Å². The Morgan fingerprint density at radius 3 is 3.11 bits per heavy atom. The number of imidazole rings is 1. The van der Waals surface area contributed by atoms with Gasteiger partial charge in [-0.25, -0.2) is 4.98 Å². The van der Waals surface area contributed by atoms with Crippen molar-refractivity contribution in [3.63, 3.8) is 0 Å². The number of benzene rings is 1. The molecule has 3 nitrogen and oxygen atoms in total. The summed E-state index contributed by atoms with van der Waals surface area (Å²) in [6, 6.07) is 5.76. The summed E-state index contributed by atoms with van der Waals surface area (Å²) in [6.07, 6.45) is 1.84. The van der Waals surface area contributed by atoms with Gasteiger partial charge in [-0.15, -0.1) is 11.3 Å². The molecule has 1 aromatic carbocycles. The Hall–Kier alpha value is -1.17. The zero-order valence-electron chi connectivity index (χ0n) is 10.3. The fraction of sp³-hybridized carbons (Fsp3) is 0.231. The molecule has 3 rings (SSSR count). The number of thiazole rings is 1. The Labute approximate surface area is 124 Å². The van der Waals surface area contributed by atoms with Gasteiger partial charge in [0.05, 0.1) is 16.0 Å². The standard InChI is InChI=1S/C13H12ClN3S2/c1-8(12-15-4-5-19-12)7-17-11-6-9(14)2-3-10(11)16-13(17)18/h2-6,8H,7H2,1H3,(H,16,18). The van der Waals surface area contributed by atoms with Gasteiger partial charge in [-0.2, -0.15) is 0 Å². The monoisotopic (exact) mass is 309 g/mol. The first kappa shape index (κ1) is 12.8. The van der Waals surface area contributed by atoms with Gasteiger partial charge in [-0.05, 0) is 30.4 Å². The molecule has 0 radical (unpaired) electrons. The molecule has 3 aromatic rings. The summed E-state index contributed by atoms with van der Waals surface area (Å²) in [5.74, 6) is 0.324. The molecule has 0 fully saturated rings. The maximum atomic E-state index is 6.06. The molecule has 1 unspecified atom stereocenters. The quantitative estimate of drug-likeness (QED) is 0.717. The van der Waals surface area contributed by atoms with Crippen LogP contribution < -0.4 is 0 Å². The van der Waals surface area contributed by atoms with Crippen molar-refractivity contribution in [3.05, 3.63) is 44.6 Å². The minimum absolute atomic E-state index is 0.324. The van der Waals surface area contributed by atoms with E-state index in [2.05, 4.69) is 21.5 Å². The lowest BCUT2D eigenvalue weighted by Gasteiger charge is -2.10. The van der Waals surface area contributed by atoms with E-state index in [4.69, 9.17) is 23.8 Å². The highest BCUT2D eigenvalue weighted by molar-refractivity contribution is 7.71. The molecule has 1 atom stereocenters. The van der Waals surface area contributed by atoms with E-state index in [0.29, 0.717) is 5.92 Å². The normalized spacial score (nSPS) is 12.9. The predicted octanol–water partition coefficient (Wildman–Crippen LogP) is 4.61. The van der Waals surface area contributed by atoms with Crippen LogP contribution in [0.2, 0.25) is 5.02 Å². The average molecular weight is 310 g/mol. The Morgan fingerprint density at radius 1 is 1.53 bits per heavy atom. The predicted molar refractivity (Wildman–Crippen MR) is 82.7 cm³/mol. The van der Waals surface area contributed by atoms with Crippen molar-refractivity contribution in [1.29, 1.82) is 0 Å². The van der Waals surface area contributed by atoms with E-state index in [-0.39, 0.29) is 0 Å². The maximum Gasteiger partial charge on any atom is 0.178 e. The molecule has 2 aromatic heterocycles. The summed E-state index contributed by atoms with van der Waals surface area (Å²) in [7, 11) is 0. The highest BCUT2D eigenvalue weighted by atomic mass is 35.5. The van der Waals surface area contributed by atoms with E-state index in [1.807, 2.05) is 29.8 Å². The molecule has 0 saturated heterocycles. The summed E-state index contributed by atoms with van der Waals surface area (Å²) in [6.45, 7) is 2.96. The van der Waals surface area contributed by atoms with Crippen LogP contribution in [0.15, 0.2) is 29.8 Å². The van der Waals surface area contributed by atoms with Gasteiger partial charge in [0.2, 0.25) is 0 Å². The lowest BCUT2D eigenvalue weighted by Crippen LogP contribution is -2.06. The molecule has 0 amide bonds. The number of rotatable bonds is 3. The summed E-state index contributed by atoms with van der Waals surface area (Å²) in [5.41, 5.74) is 2.06. The molecule has 0 bridgehead atoms. The van der Waals surface area contributed by atoms with Gasteiger partial charge < -0.3 is 9.55 Å². The van der Waals surface area contributed by atoms with E-state index in [1.165, 1.54) is 0 Å². The van der Waals surface area contributed by atoms with Crippen molar-refractivity contribution in [2.45, 2.75) is 19.4 Å². The van der Waals surface area contributed by atoms with Gasteiger partial charge in [-0.3, -0.25) is 0 Å². The van der Waals surface area contributed by atoms with Crippen LogP contribution in [-0.4, -0.2) is 14.5 Å². The van der Waals surface area contributed by atoms with E-state index in [0.717, 1.165) is 32.4 Å². The van der Waals surface area contributed by atoms with Gasteiger partial charge in [0, 0.05) is 29.1 Å². The number of hydrogen-bond donors (Lipinski definition) is 1. The Morgan fingerprint density at radius 2 is 2.37 bits per heavy atom. The third kappa shape index (κ3) is 2.45. The zero-order chi connectivity index (χ0) is 13.4. The van der Waals surface area contributed by atoms with E-state index >= 15 is 0 Å². The fourth-order valence-electron chi connectivity index (χ4n) is 2.14. The van der Waals surface area contributed by atoms with Gasteiger partial charge in [0.15, 0.2) is 4.77 Å². The highest BCUT2D eigenvalue weighted by Gasteiger charge is 2.12. The first-order valence-corrected chi connectivity index (χ1v) is 7.59. The smallest absolute Gasteiger partial charge is 0.178 e. The van der Waals surface area contributed by atoms with E-state index in [9.17, 15) is 0 Å². The lowest BCUT2D eigenvalue weighted by atomic mass is 10.2.